The molecule has 238 valence electrons. The van der Waals surface area contributed by atoms with Crippen molar-refractivity contribution in [2.75, 3.05) is 19.8 Å². The summed E-state index contributed by atoms with van der Waals surface area (Å²) in [4.78, 5) is 0. The Morgan fingerprint density at radius 3 is 1.27 bits per heavy atom. The zero-order valence-corrected chi connectivity index (χ0v) is 29.5. The van der Waals surface area contributed by atoms with Crippen molar-refractivity contribution in [1.29, 1.82) is 0 Å². The van der Waals surface area contributed by atoms with Crippen LogP contribution in [0.1, 0.15) is 41.5 Å². The van der Waals surface area contributed by atoms with Crippen LogP contribution in [-0.4, -0.2) is 60.1 Å². The van der Waals surface area contributed by atoms with Crippen LogP contribution in [0.25, 0.3) is 0 Å². The van der Waals surface area contributed by atoms with Gasteiger partial charge < -0.3 is 23.4 Å². The van der Waals surface area contributed by atoms with E-state index in [-0.39, 0.29) is 16.7 Å². The van der Waals surface area contributed by atoms with Gasteiger partial charge in [0.1, 0.15) is 12.2 Å². The van der Waals surface area contributed by atoms with Crippen LogP contribution in [-0.2, 0) is 18.3 Å². The molecule has 0 aromatic heterocycles. The van der Waals surface area contributed by atoms with E-state index < -0.39 is 35.1 Å². The number of rotatable bonds is 11. The van der Waals surface area contributed by atoms with E-state index in [1.807, 2.05) is 24.3 Å². The normalized spacial score (nSPS) is 16.4. The minimum absolute atomic E-state index is 0.0688. The van der Waals surface area contributed by atoms with Gasteiger partial charge in [-0.2, -0.15) is 0 Å². The van der Waals surface area contributed by atoms with Gasteiger partial charge in [0.25, 0.3) is 16.6 Å². The molecule has 2 atom stereocenters. The Hall–Kier alpha value is -2.89. The Kier molecular flexibility index (Phi) is 10.3. The molecule has 0 aliphatic carbocycles. The summed E-state index contributed by atoms with van der Waals surface area (Å²) in [7, 11) is -5.95. The van der Waals surface area contributed by atoms with Gasteiger partial charge in [0.05, 0.1) is 19.8 Å². The Balaban J connectivity index is 1.59. The lowest BCUT2D eigenvalue weighted by Gasteiger charge is -2.47. The Bertz CT molecular complexity index is 1390. The van der Waals surface area contributed by atoms with Gasteiger partial charge in [-0.1, -0.05) is 163 Å². The Morgan fingerprint density at radius 1 is 0.600 bits per heavy atom. The lowest BCUT2D eigenvalue weighted by molar-refractivity contribution is -0.153. The largest absolute Gasteiger partial charge is 0.405 e. The zero-order valence-electron chi connectivity index (χ0n) is 27.5. The van der Waals surface area contributed by atoms with E-state index in [1.165, 1.54) is 0 Å². The van der Waals surface area contributed by atoms with Crippen molar-refractivity contribution in [3.05, 3.63) is 121 Å². The molecule has 1 aliphatic heterocycles. The van der Waals surface area contributed by atoms with Crippen molar-refractivity contribution < 1.29 is 23.4 Å². The summed E-state index contributed by atoms with van der Waals surface area (Å²) < 4.78 is 26.9. The summed E-state index contributed by atoms with van der Waals surface area (Å²) in [6.45, 7) is 14.4. The van der Waals surface area contributed by atoms with E-state index in [2.05, 4.69) is 139 Å². The summed E-state index contributed by atoms with van der Waals surface area (Å²) in [6, 6.07) is 41.9. The molecule has 0 bridgehead atoms. The van der Waals surface area contributed by atoms with E-state index in [9.17, 15) is 5.11 Å². The van der Waals surface area contributed by atoms with E-state index in [0.717, 1.165) is 20.7 Å². The van der Waals surface area contributed by atoms with Crippen LogP contribution >= 0.6 is 0 Å². The molecule has 4 aromatic carbocycles. The topological polar surface area (TPSA) is 57.2 Å². The number of benzene rings is 4. The lowest BCUT2D eigenvalue weighted by atomic mass is 10.2. The first-order chi connectivity index (χ1) is 21.5. The van der Waals surface area contributed by atoms with Gasteiger partial charge in [0, 0.05) is 0 Å². The third kappa shape index (κ3) is 6.67. The minimum Gasteiger partial charge on any atom is -0.405 e. The number of hydrogen-bond donors (Lipinski definition) is 1. The highest BCUT2D eigenvalue weighted by atomic mass is 28.4. The van der Waals surface area contributed by atoms with Crippen molar-refractivity contribution >= 4 is 37.4 Å². The van der Waals surface area contributed by atoms with Gasteiger partial charge in [-0.25, -0.2) is 0 Å². The monoisotopic (exact) mass is 640 g/mol. The summed E-state index contributed by atoms with van der Waals surface area (Å²) in [5.41, 5.74) is 0. The number of aliphatic hydroxyl groups is 1. The molecule has 1 N–H and O–H groups in total. The maximum Gasteiger partial charge on any atom is 0.261 e. The maximum atomic E-state index is 12.2. The van der Waals surface area contributed by atoms with Crippen LogP contribution in [0.2, 0.25) is 10.1 Å². The lowest BCUT2D eigenvalue weighted by Crippen LogP contribution is -2.70. The SMILES string of the molecule is CC(C)(C)[Si](OC[C@H](O)[C@H](O[Si](c1ccccc1)(c1ccccc1)C(C)(C)C)C1OCCO1)(c1ccccc1)c1ccccc1. The summed E-state index contributed by atoms with van der Waals surface area (Å²) in [5.74, 6) is 0. The molecule has 0 radical (unpaired) electrons. The van der Waals surface area contributed by atoms with Crippen LogP contribution < -0.4 is 20.7 Å². The molecule has 1 heterocycles. The minimum atomic E-state index is -3.05. The van der Waals surface area contributed by atoms with E-state index >= 15 is 0 Å². The van der Waals surface area contributed by atoms with Gasteiger partial charge in [0.15, 0.2) is 6.29 Å². The third-order valence-corrected chi connectivity index (χ3v) is 18.9. The molecule has 0 amide bonds. The first-order valence-corrected chi connectivity index (χ1v) is 19.8. The van der Waals surface area contributed by atoms with E-state index in [1.54, 1.807) is 0 Å². The molecule has 7 heteroatoms. The van der Waals surface area contributed by atoms with Crippen molar-refractivity contribution in [2.24, 2.45) is 0 Å². The molecule has 1 fully saturated rings. The molecule has 1 aliphatic rings. The predicted molar refractivity (Wildman–Crippen MR) is 188 cm³/mol. The van der Waals surface area contributed by atoms with Crippen LogP contribution in [0.3, 0.4) is 0 Å². The second-order valence-corrected chi connectivity index (χ2v) is 22.5. The highest BCUT2D eigenvalue weighted by Crippen LogP contribution is 2.40. The Labute approximate surface area is 271 Å². The van der Waals surface area contributed by atoms with Crippen molar-refractivity contribution in [3.8, 4) is 0 Å². The van der Waals surface area contributed by atoms with Crippen LogP contribution in [0.4, 0.5) is 0 Å². The summed E-state index contributed by atoms with van der Waals surface area (Å²) in [5, 5.41) is 16.3. The molecule has 5 nitrogen and oxygen atoms in total. The van der Waals surface area contributed by atoms with Gasteiger partial charge in [-0.3, -0.25) is 0 Å². The van der Waals surface area contributed by atoms with Crippen LogP contribution in [0, 0.1) is 0 Å². The molecule has 0 unspecified atom stereocenters. The highest BCUT2D eigenvalue weighted by molar-refractivity contribution is 7.00. The fraction of sp³-hybridized carbons (Fsp3) is 0.368. The standard InChI is InChI=1S/C38H48O5Si2/c1-37(2,3)44(30-19-11-7-12-20-30,31-21-13-8-14-22-31)42-29-34(39)35(36-40-27-28-41-36)43-45(38(4,5)6,32-23-15-9-16-24-32)33-25-17-10-18-26-33/h7-26,34-36,39H,27-29H2,1-6H3/t34-,35-/m0/s1. The van der Waals surface area contributed by atoms with Crippen molar-refractivity contribution in [3.63, 3.8) is 0 Å². The first-order valence-electron chi connectivity index (χ1n) is 16.0. The number of ether oxygens (including phenoxy) is 2. The quantitative estimate of drug-likeness (QED) is 0.227. The first kappa shape index (κ1) is 33.5. The van der Waals surface area contributed by atoms with Crippen molar-refractivity contribution in [2.45, 2.75) is 70.1 Å². The van der Waals surface area contributed by atoms with Crippen LogP contribution in [0.5, 0.6) is 0 Å². The highest BCUT2D eigenvalue weighted by Gasteiger charge is 2.55. The van der Waals surface area contributed by atoms with Gasteiger partial charge in [0.2, 0.25) is 0 Å². The second kappa shape index (κ2) is 13.8. The van der Waals surface area contributed by atoms with E-state index in [4.69, 9.17) is 18.3 Å². The molecule has 45 heavy (non-hydrogen) atoms. The number of aliphatic hydroxyl groups excluding tert-OH is 1. The van der Waals surface area contributed by atoms with Gasteiger partial charge in [-0.15, -0.1) is 0 Å². The summed E-state index contributed by atoms with van der Waals surface area (Å²) in [6.07, 6.45) is -2.52. The fourth-order valence-corrected chi connectivity index (χ4v) is 16.1. The van der Waals surface area contributed by atoms with Crippen molar-refractivity contribution in [1.82, 2.24) is 0 Å². The molecule has 0 spiro atoms. The molecular formula is C38H48O5Si2. The molecule has 1 saturated heterocycles. The summed E-state index contributed by atoms with van der Waals surface area (Å²) >= 11 is 0. The average molecular weight is 641 g/mol. The molecule has 4 aromatic rings. The Morgan fingerprint density at radius 2 is 0.933 bits per heavy atom. The second-order valence-electron chi connectivity index (χ2n) is 13.9. The fourth-order valence-electron chi connectivity index (χ4n) is 6.84. The van der Waals surface area contributed by atoms with Crippen LogP contribution in [0.15, 0.2) is 121 Å². The smallest absolute Gasteiger partial charge is 0.261 e. The number of hydrogen-bond acceptors (Lipinski definition) is 5. The molecule has 5 rings (SSSR count). The molecule has 0 saturated carbocycles. The van der Waals surface area contributed by atoms with E-state index in [0.29, 0.717) is 13.2 Å². The zero-order chi connectivity index (χ0) is 32.1. The molecular weight excluding hydrogens is 593 g/mol. The van der Waals surface area contributed by atoms with Gasteiger partial charge >= 0.3 is 0 Å². The third-order valence-electron chi connectivity index (χ3n) is 8.91. The maximum absolute atomic E-state index is 12.2. The average Bonchev–Trinajstić information content (AvgIpc) is 3.57. The van der Waals surface area contributed by atoms with Gasteiger partial charge in [-0.05, 0) is 30.8 Å². The predicted octanol–water partition coefficient (Wildman–Crippen LogP) is 5.24.